The molecule has 3 unspecified atom stereocenters. The van der Waals surface area contributed by atoms with Gasteiger partial charge in [-0.1, -0.05) is 6.92 Å². The highest BCUT2D eigenvalue weighted by Gasteiger charge is 2.31. The summed E-state index contributed by atoms with van der Waals surface area (Å²) >= 11 is 0. The molecule has 2 N–H and O–H groups in total. The number of hydrogen-bond acceptors (Lipinski definition) is 4. The van der Waals surface area contributed by atoms with Gasteiger partial charge in [0.25, 0.3) is 0 Å². The minimum Gasteiger partial charge on any atom is -0.378 e. The zero-order valence-corrected chi connectivity index (χ0v) is 11.5. The van der Waals surface area contributed by atoms with Crippen LogP contribution in [-0.4, -0.2) is 67.2 Å². The molecule has 104 valence electrons. The van der Waals surface area contributed by atoms with Crippen molar-refractivity contribution in [3.8, 4) is 0 Å². The second-order valence-corrected chi connectivity index (χ2v) is 5.54. The molecule has 2 aliphatic rings. The molecular weight excluding hydrogens is 230 g/mol. The summed E-state index contributed by atoms with van der Waals surface area (Å²) in [4.78, 5) is 16.5. The Hall–Kier alpha value is -0.650. The molecule has 0 radical (unpaired) electrons. The SMILES string of the molecule is CC1CCN(C(C)C(=O)N2CCOCC2)CC1N. The lowest BCUT2D eigenvalue weighted by atomic mass is 9.93. The Balaban J connectivity index is 1.89. The van der Waals surface area contributed by atoms with Gasteiger partial charge in [0.2, 0.25) is 5.91 Å². The van der Waals surface area contributed by atoms with Gasteiger partial charge in [0, 0.05) is 25.7 Å². The maximum absolute atomic E-state index is 12.4. The molecule has 0 spiro atoms. The summed E-state index contributed by atoms with van der Waals surface area (Å²) in [6.07, 6.45) is 1.09. The molecular formula is C13H25N3O2. The standard InChI is InChI=1S/C13H25N3O2/c1-10-3-4-16(9-12(10)14)11(2)13(17)15-5-7-18-8-6-15/h10-12H,3-9,14H2,1-2H3. The van der Waals surface area contributed by atoms with Crippen LogP contribution in [0.2, 0.25) is 0 Å². The molecule has 2 fully saturated rings. The van der Waals surface area contributed by atoms with Gasteiger partial charge in [0.15, 0.2) is 0 Å². The van der Waals surface area contributed by atoms with E-state index in [4.69, 9.17) is 10.5 Å². The lowest BCUT2D eigenvalue weighted by Crippen LogP contribution is -2.56. The van der Waals surface area contributed by atoms with Gasteiger partial charge in [0.05, 0.1) is 19.3 Å². The summed E-state index contributed by atoms with van der Waals surface area (Å²) in [6, 6.07) is 0.139. The maximum atomic E-state index is 12.4. The van der Waals surface area contributed by atoms with Crippen molar-refractivity contribution in [1.82, 2.24) is 9.80 Å². The van der Waals surface area contributed by atoms with Crippen LogP contribution in [0.4, 0.5) is 0 Å². The Labute approximate surface area is 109 Å². The number of piperidine rings is 1. The summed E-state index contributed by atoms with van der Waals surface area (Å²) < 4.78 is 5.28. The molecule has 0 saturated carbocycles. The lowest BCUT2D eigenvalue weighted by Gasteiger charge is -2.40. The Bertz CT molecular complexity index is 292. The largest absolute Gasteiger partial charge is 0.378 e. The van der Waals surface area contributed by atoms with Crippen molar-refractivity contribution in [1.29, 1.82) is 0 Å². The van der Waals surface area contributed by atoms with E-state index in [1.54, 1.807) is 0 Å². The summed E-state index contributed by atoms with van der Waals surface area (Å²) in [7, 11) is 0. The highest BCUT2D eigenvalue weighted by molar-refractivity contribution is 5.81. The van der Waals surface area contributed by atoms with Crippen molar-refractivity contribution in [2.45, 2.75) is 32.4 Å². The van der Waals surface area contributed by atoms with Crippen LogP contribution in [0.25, 0.3) is 0 Å². The number of likely N-dealkylation sites (tertiary alicyclic amines) is 1. The van der Waals surface area contributed by atoms with E-state index in [-0.39, 0.29) is 18.0 Å². The first-order chi connectivity index (χ1) is 8.59. The third-order valence-electron chi connectivity index (χ3n) is 4.28. The fourth-order valence-corrected chi connectivity index (χ4v) is 2.68. The van der Waals surface area contributed by atoms with Gasteiger partial charge in [-0.3, -0.25) is 9.69 Å². The Morgan fingerprint density at radius 2 is 2.00 bits per heavy atom. The van der Waals surface area contributed by atoms with Crippen LogP contribution in [0.5, 0.6) is 0 Å². The first-order valence-electron chi connectivity index (χ1n) is 6.95. The predicted molar refractivity (Wildman–Crippen MR) is 70.2 cm³/mol. The summed E-state index contributed by atoms with van der Waals surface area (Å²) in [5.74, 6) is 0.784. The third kappa shape index (κ3) is 3.02. The van der Waals surface area contributed by atoms with E-state index < -0.39 is 0 Å². The van der Waals surface area contributed by atoms with Crippen LogP contribution in [0.15, 0.2) is 0 Å². The van der Waals surface area contributed by atoms with Crippen LogP contribution in [-0.2, 0) is 9.53 Å². The van der Waals surface area contributed by atoms with E-state index in [0.717, 1.165) is 32.6 Å². The fourth-order valence-electron chi connectivity index (χ4n) is 2.68. The van der Waals surface area contributed by atoms with Gasteiger partial charge in [0.1, 0.15) is 0 Å². The highest BCUT2D eigenvalue weighted by atomic mass is 16.5. The molecule has 0 aromatic carbocycles. The molecule has 0 aliphatic carbocycles. The van der Waals surface area contributed by atoms with Crippen molar-refractivity contribution in [2.75, 3.05) is 39.4 Å². The minimum absolute atomic E-state index is 0.0540. The molecule has 0 aromatic rings. The monoisotopic (exact) mass is 255 g/mol. The molecule has 2 saturated heterocycles. The van der Waals surface area contributed by atoms with Gasteiger partial charge in [-0.05, 0) is 25.8 Å². The second kappa shape index (κ2) is 5.99. The normalized spacial score (nSPS) is 32.3. The number of amides is 1. The van der Waals surface area contributed by atoms with Crippen molar-refractivity contribution in [3.63, 3.8) is 0 Å². The summed E-state index contributed by atoms with van der Waals surface area (Å²) in [5.41, 5.74) is 6.10. The van der Waals surface area contributed by atoms with Crippen molar-refractivity contribution in [3.05, 3.63) is 0 Å². The van der Waals surface area contributed by atoms with Gasteiger partial charge in [-0.25, -0.2) is 0 Å². The molecule has 0 bridgehead atoms. The number of morpholine rings is 1. The van der Waals surface area contributed by atoms with Crippen LogP contribution in [0.1, 0.15) is 20.3 Å². The maximum Gasteiger partial charge on any atom is 0.239 e. The summed E-state index contributed by atoms with van der Waals surface area (Å²) in [6.45, 7) is 8.77. The van der Waals surface area contributed by atoms with E-state index in [1.807, 2.05) is 11.8 Å². The van der Waals surface area contributed by atoms with Gasteiger partial charge < -0.3 is 15.4 Å². The van der Waals surface area contributed by atoms with Crippen LogP contribution in [0, 0.1) is 5.92 Å². The molecule has 1 amide bonds. The average molecular weight is 255 g/mol. The van der Waals surface area contributed by atoms with E-state index in [2.05, 4.69) is 11.8 Å². The first kappa shape index (κ1) is 13.8. The van der Waals surface area contributed by atoms with Crippen LogP contribution < -0.4 is 5.73 Å². The Morgan fingerprint density at radius 3 is 2.61 bits per heavy atom. The fraction of sp³-hybridized carbons (Fsp3) is 0.923. The van der Waals surface area contributed by atoms with Crippen molar-refractivity contribution < 1.29 is 9.53 Å². The molecule has 5 heteroatoms. The Kier molecular flexibility index (Phi) is 4.59. The van der Waals surface area contributed by atoms with Crippen LogP contribution >= 0.6 is 0 Å². The number of nitrogens with two attached hydrogens (primary N) is 1. The number of nitrogens with zero attached hydrogens (tertiary/aromatic N) is 2. The van der Waals surface area contributed by atoms with Gasteiger partial charge in [-0.2, -0.15) is 0 Å². The van der Waals surface area contributed by atoms with E-state index >= 15 is 0 Å². The quantitative estimate of drug-likeness (QED) is 0.749. The van der Waals surface area contributed by atoms with E-state index in [0.29, 0.717) is 19.1 Å². The van der Waals surface area contributed by atoms with Crippen LogP contribution in [0.3, 0.4) is 0 Å². The smallest absolute Gasteiger partial charge is 0.239 e. The molecule has 5 nitrogen and oxygen atoms in total. The number of carbonyl (C=O) groups excluding carboxylic acids is 1. The molecule has 3 atom stereocenters. The zero-order valence-electron chi connectivity index (χ0n) is 11.5. The Morgan fingerprint density at radius 1 is 1.33 bits per heavy atom. The minimum atomic E-state index is -0.0540. The highest BCUT2D eigenvalue weighted by Crippen LogP contribution is 2.18. The number of ether oxygens (including phenoxy) is 1. The van der Waals surface area contributed by atoms with E-state index in [1.165, 1.54) is 0 Å². The molecule has 2 rings (SSSR count). The zero-order chi connectivity index (χ0) is 13.1. The number of carbonyl (C=O) groups is 1. The average Bonchev–Trinajstić information content (AvgIpc) is 2.41. The summed E-state index contributed by atoms with van der Waals surface area (Å²) in [5, 5.41) is 0. The molecule has 0 aromatic heterocycles. The number of hydrogen-bond donors (Lipinski definition) is 1. The first-order valence-corrected chi connectivity index (χ1v) is 6.95. The van der Waals surface area contributed by atoms with Crippen molar-refractivity contribution >= 4 is 5.91 Å². The molecule has 2 aliphatic heterocycles. The topological polar surface area (TPSA) is 58.8 Å². The third-order valence-corrected chi connectivity index (χ3v) is 4.28. The second-order valence-electron chi connectivity index (χ2n) is 5.54. The van der Waals surface area contributed by atoms with Gasteiger partial charge >= 0.3 is 0 Å². The molecule has 18 heavy (non-hydrogen) atoms. The lowest BCUT2D eigenvalue weighted by molar-refractivity contribution is -0.141. The number of rotatable bonds is 2. The van der Waals surface area contributed by atoms with Crippen molar-refractivity contribution in [2.24, 2.45) is 11.7 Å². The molecule has 2 heterocycles. The van der Waals surface area contributed by atoms with E-state index in [9.17, 15) is 4.79 Å². The van der Waals surface area contributed by atoms with Gasteiger partial charge in [-0.15, -0.1) is 0 Å². The predicted octanol–water partition coefficient (Wildman–Crippen LogP) is -0.0972.